The summed E-state index contributed by atoms with van der Waals surface area (Å²) in [4.78, 5) is 13.6. The van der Waals surface area contributed by atoms with Gasteiger partial charge in [-0.15, -0.1) is 11.3 Å². The van der Waals surface area contributed by atoms with E-state index in [1.807, 2.05) is 22.4 Å². The third-order valence-corrected chi connectivity index (χ3v) is 7.39. The molecule has 6 nitrogen and oxygen atoms in total. The van der Waals surface area contributed by atoms with Gasteiger partial charge >= 0.3 is 12.3 Å². The van der Waals surface area contributed by atoms with E-state index in [1.54, 1.807) is 6.08 Å². The summed E-state index contributed by atoms with van der Waals surface area (Å²) in [6, 6.07) is 7.45. The van der Waals surface area contributed by atoms with Crippen molar-refractivity contribution in [2.75, 3.05) is 12.3 Å². The van der Waals surface area contributed by atoms with Crippen molar-refractivity contribution in [2.24, 2.45) is 0 Å². The molecule has 0 amide bonds. The quantitative estimate of drug-likeness (QED) is 0.509. The van der Waals surface area contributed by atoms with E-state index in [0.29, 0.717) is 24.9 Å². The maximum absolute atomic E-state index is 12.9. The molecule has 172 valence electrons. The molecule has 0 bridgehead atoms. The van der Waals surface area contributed by atoms with E-state index < -0.39 is 38.4 Å². The first-order chi connectivity index (χ1) is 15.1. The molecule has 1 aromatic carbocycles. The average molecular weight is 488 g/mol. The fourth-order valence-electron chi connectivity index (χ4n) is 3.28. The number of carbonyl (C=O) groups is 1. The van der Waals surface area contributed by atoms with Crippen LogP contribution >= 0.6 is 11.3 Å². The number of carboxylic acid groups (broad SMARTS) is 1. The normalized spacial score (nSPS) is 14.7. The minimum absolute atomic E-state index is 0.0785. The number of allylic oxidation sites excluding steroid dienone is 2. The van der Waals surface area contributed by atoms with Crippen LogP contribution in [0.5, 0.6) is 0 Å². The van der Waals surface area contributed by atoms with Crippen LogP contribution in [0.25, 0.3) is 0 Å². The predicted octanol–water partition coefficient (Wildman–Crippen LogP) is 5.30. The second kappa shape index (κ2) is 9.78. The maximum atomic E-state index is 12.9. The molecule has 0 fully saturated rings. The first kappa shape index (κ1) is 23.9. The zero-order chi connectivity index (χ0) is 23.4. The van der Waals surface area contributed by atoms with E-state index in [2.05, 4.69) is 0 Å². The van der Waals surface area contributed by atoms with Crippen molar-refractivity contribution >= 4 is 27.3 Å². The number of sulfone groups is 1. The molecule has 0 saturated heterocycles. The number of nitrogens with zero attached hydrogens (tertiary/aromatic N) is 1. The smallest absolute Gasteiger partial charge is 0.449 e. The van der Waals surface area contributed by atoms with Crippen molar-refractivity contribution in [3.63, 3.8) is 0 Å². The van der Waals surface area contributed by atoms with Crippen LogP contribution in [0.2, 0.25) is 0 Å². The number of ether oxygens (including phenoxy) is 1. The molecule has 1 aliphatic heterocycles. The largest absolute Gasteiger partial charge is 0.511 e. The fourth-order valence-corrected chi connectivity index (χ4v) is 5.35. The third kappa shape index (κ3) is 6.13. The van der Waals surface area contributed by atoms with E-state index in [0.717, 1.165) is 23.1 Å². The summed E-state index contributed by atoms with van der Waals surface area (Å²) < 4.78 is 68.9. The second-order valence-corrected chi connectivity index (χ2v) is 10.1. The molecule has 32 heavy (non-hydrogen) atoms. The predicted molar refractivity (Wildman–Crippen MR) is 113 cm³/mol. The number of hydrogen-bond acceptors (Lipinski definition) is 6. The Balaban J connectivity index is 1.76. The molecule has 11 heteroatoms. The lowest BCUT2D eigenvalue weighted by molar-refractivity contribution is -0.137. The summed E-state index contributed by atoms with van der Waals surface area (Å²) in [5.74, 6) is -0.286. The SMILES string of the molecule is O=C(O)OC1=C(CCCS(=O)(=O)c2cccc(C(F)(F)F)c2)N(Cc2cccs2)CC=C1. The number of rotatable bonds is 8. The second-order valence-electron chi connectivity index (χ2n) is 6.99. The number of halogens is 3. The molecule has 1 aromatic heterocycles. The molecule has 2 aromatic rings. The van der Waals surface area contributed by atoms with Gasteiger partial charge in [-0.05, 0) is 48.6 Å². The Hall–Kier alpha value is -2.79. The summed E-state index contributed by atoms with van der Waals surface area (Å²) in [6.07, 6.45) is -2.61. The minimum Gasteiger partial charge on any atom is -0.449 e. The average Bonchev–Trinajstić information content (AvgIpc) is 3.22. The van der Waals surface area contributed by atoms with Crippen molar-refractivity contribution in [2.45, 2.75) is 30.5 Å². The summed E-state index contributed by atoms with van der Waals surface area (Å²) in [6.45, 7) is 0.976. The Bertz CT molecular complexity index is 1120. The first-order valence-electron chi connectivity index (χ1n) is 9.54. The van der Waals surface area contributed by atoms with E-state index in [-0.39, 0.29) is 18.6 Å². The fraction of sp³-hybridized carbons (Fsp3) is 0.286. The molecule has 2 heterocycles. The summed E-state index contributed by atoms with van der Waals surface area (Å²) in [7, 11) is -3.97. The number of hydrogen-bond donors (Lipinski definition) is 1. The Morgan fingerprint density at radius 2 is 2.00 bits per heavy atom. The Morgan fingerprint density at radius 1 is 1.22 bits per heavy atom. The molecule has 0 unspecified atom stereocenters. The van der Waals surface area contributed by atoms with Gasteiger partial charge in [0.1, 0.15) is 0 Å². The van der Waals surface area contributed by atoms with Crippen LogP contribution in [0.4, 0.5) is 18.0 Å². The van der Waals surface area contributed by atoms with Crippen LogP contribution < -0.4 is 0 Å². The third-order valence-electron chi connectivity index (χ3n) is 4.73. The molecular formula is C21H20F3NO5S2. The zero-order valence-electron chi connectivity index (χ0n) is 16.7. The van der Waals surface area contributed by atoms with Crippen LogP contribution in [-0.2, 0) is 27.3 Å². The standard InChI is InChI=1S/C21H20F3NO5S2/c22-21(23,24)15-5-1-7-17(13-15)32(28,29)12-4-8-18-19(30-20(26)27)9-2-10-25(18)14-16-6-3-11-31-16/h1-3,5-7,9,11,13H,4,8,10,12,14H2,(H,26,27). The van der Waals surface area contributed by atoms with E-state index >= 15 is 0 Å². The van der Waals surface area contributed by atoms with Crippen LogP contribution in [-0.4, -0.2) is 36.9 Å². The lowest BCUT2D eigenvalue weighted by atomic mass is 10.1. The van der Waals surface area contributed by atoms with Gasteiger partial charge in [-0.25, -0.2) is 13.2 Å². The van der Waals surface area contributed by atoms with Crippen molar-refractivity contribution in [3.05, 3.63) is 75.8 Å². The van der Waals surface area contributed by atoms with Crippen LogP contribution in [0.15, 0.2) is 70.3 Å². The van der Waals surface area contributed by atoms with Gasteiger partial charge in [0, 0.05) is 11.4 Å². The Labute approximate surface area is 187 Å². The summed E-state index contributed by atoms with van der Waals surface area (Å²) in [5.41, 5.74) is -0.500. The Kier molecular flexibility index (Phi) is 7.29. The van der Waals surface area contributed by atoms with Gasteiger partial charge in [-0.2, -0.15) is 13.2 Å². The van der Waals surface area contributed by atoms with Gasteiger partial charge in [-0.3, -0.25) is 0 Å². The van der Waals surface area contributed by atoms with Gasteiger partial charge in [0.25, 0.3) is 0 Å². The van der Waals surface area contributed by atoms with E-state index in [4.69, 9.17) is 9.84 Å². The van der Waals surface area contributed by atoms with Crippen molar-refractivity contribution in [3.8, 4) is 0 Å². The number of benzene rings is 1. The van der Waals surface area contributed by atoms with Crippen LogP contribution in [0.3, 0.4) is 0 Å². The summed E-state index contributed by atoms with van der Waals surface area (Å²) >= 11 is 1.53. The topological polar surface area (TPSA) is 83.9 Å². The van der Waals surface area contributed by atoms with Crippen molar-refractivity contribution in [1.29, 1.82) is 0 Å². The zero-order valence-corrected chi connectivity index (χ0v) is 18.3. The molecule has 3 rings (SSSR count). The Morgan fingerprint density at radius 3 is 2.66 bits per heavy atom. The van der Waals surface area contributed by atoms with Crippen LogP contribution in [0.1, 0.15) is 23.3 Å². The van der Waals surface area contributed by atoms with Crippen molar-refractivity contribution in [1.82, 2.24) is 4.90 Å². The molecule has 0 radical (unpaired) electrons. The highest BCUT2D eigenvalue weighted by molar-refractivity contribution is 7.91. The molecule has 0 spiro atoms. The van der Waals surface area contributed by atoms with Gasteiger partial charge in [0.15, 0.2) is 15.6 Å². The highest BCUT2D eigenvalue weighted by Gasteiger charge is 2.31. The lowest BCUT2D eigenvalue weighted by Gasteiger charge is -2.30. The highest BCUT2D eigenvalue weighted by atomic mass is 32.2. The van der Waals surface area contributed by atoms with Crippen LogP contribution in [0, 0.1) is 0 Å². The van der Waals surface area contributed by atoms with Gasteiger partial charge in [0.2, 0.25) is 0 Å². The first-order valence-corrected chi connectivity index (χ1v) is 12.1. The number of alkyl halides is 3. The molecular weight excluding hydrogens is 467 g/mol. The summed E-state index contributed by atoms with van der Waals surface area (Å²) in [5, 5.41) is 10.9. The van der Waals surface area contributed by atoms with Crippen molar-refractivity contribution < 1.29 is 36.2 Å². The van der Waals surface area contributed by atoms with E-state index in [1.165, 1.54) is 17.4 Å². The molecule has 0 atom stereocenters. The molecule has 0 aliphatic carbocycles. The van der Waals surface area contributed by atoms with Gasteiger partial charge < -0.3 is 14.7 Å². The molecule has 1 aliphatic rings. The maximum Gasteiger partial charge on any atom is 0.511 e. The monoisotopic (exact) mass is 487 g/mol. The number of thiophene rings is 1. The lowest BCUT2D eigenvalue weighted by Crippen LogP contribution is -2.27. The highest BCUT2D eigenvalue weighted by Crippen LogP contribution is 2.31. The molecule has 0 saturated carbocycles. The van der Waals surface area contributed by atoms with E-state index in [9.17, 15) is 26.4 Å². The molecule has 1 N–H and O–H groups in total. The van der Waals surface area contributed by atoms with Gasteiger partial charge in [-0.1, -0.05) is 18.2 Å². The minimum atomic E-state index is -4.64. The van der Waals surface area contributed by atoms with Gasteiger partial charge in [0.05, 0.1) is 28.5 Å².